The maximum Gasteiger partial charge on any atom is 0.292 e. The zero-order valence-corrected chi connectivity index (χ0v) is 13.0. The standard InChI is InChI=1S/C15H24N4O2/c1-4-16-14-9-13(5-6-15(14)19(20)21)11-18-8-7-17(3)10-12(18)2/h5-6,9,12,16H,4,7-8,10-11H2,1-3H3. The molecule has 0 radical (unpaired) electrons. The molecule has 1 N–H and O–H groups in total. The first kappa shape index (κ1) is 15.7. The smallest absolute Gasteiger partial charge is 0.292 e. The fourth-order valence-corrected chi connectivity index (χ4v) is 2.82. The number of likely N-dealkylation sites (N-methyl/N-ethyl adjacent to an activating group) is 1. The van der Waals surface area contributed by atoms with Crippen LogP contribution in [0.25, 0.3) is 0 Å². The third-order valence-corrected chi connectivity index (χ3v) is 3.98. The number of hydrogen-bond donors (Lipinski definition) is 1. The molecular formula is C15H24N4O2. The van der Waals surface area contributed by atoms with Crippen LogP contribution in [0, 0.1) is 10.1 Å². The largest absolute Gasteiger partial charge is 0.380 e. The summed E-state index contributed by atoms with van der Waals surface area (Å²) in [7, 11) is 2.14. The molecule has 1 aromatic rings. The van der Waals surface area contributed by atoms with Crippen LogP contribution < -0.4 is 5.32 Å². The Balaban J connectivity index is 2.13. The summed E-state index contributed by atoms with van der Waals surface area (Å²) in [5.41, 5.74) is 1.88. The van der Waals surface area contributed by atoms with E-state index in [-0.39, 0.29) is 10.6 Å². The van der Waals surface area contributed by atoms with Gasteiger partial charge in [-0.05, 0) is 32.5 Å². The van der Waals surface area contributed by atoms with E-state index in [1.165, 1.54) is 0 Å². The maximum absolute atomic E-state index is 11.0. The summed E-state index contributed by atoms with van der Waals surface area (Å²) in [6.07, 6.45) is 0. The highest BCUT2D eigenvalue weighted by molar-refractivity contribution is 5.62. The van der Waals surface area contributed by atoms with Crippen LogP contribution in [0.15, 0.2) is 18.2 Å². The minimum atomic E-state index is -0.333. The Bertz CT molecular complexity index is 506. The molecule has 1 heterocycles. The molecule has 0 amide bonds. The number of nitrogens with one attached hydrogen (secondary N) is 1. The van der Waals surface area contributed by atoms with Gasteiger partial charge in [-0.15, -0.1) is 0 Å². The van der Waals surface area contributed by atoms with Gasteiger partial charge >= 0.3 is 0 Å². The lowest BCUT2D eigenvalue weighted by atomic mass is 10.1. The van der Waals surface area contributed by atoms with Gasteiger partial charge in [-0.25, -0.2) is 0 Å². The van der Waals surface area contributed by atoms with Gasteiger partial charge in [0.15, 0.2) is 0 Å². The highest BCUT2D eigenvalue weighted by Gasteiger charge is 2.22. The normalized spacial score (nSPS) is 20.4. The van der Waals surface area contributed by atoms with Crippen LogP contribution in [-0.2, 0) is 6.54 Å². The molecule has 0 saturated carbocycles. The van der Waals surface area contributed by atoms with Crippen LogP contribution in [0.3, 0.4) is 0 Å². The Hall–Kier alpha value is -1.66. The van der Waals surface area contributed by atoms with Gasteiger partial charge in [0.05, 0.1) is 4.92 Å². The molecule has 0 spiro atoms. The number of nitrogens with zero attached hydrogens (tertiary/aromatic N) is 3. The van der Waals surface area contributed by atoms with E-state index in [1.54, 1.807) is 6.07 Å². The van der Waals surface area contributed by atoms with Crippen LogP contribution in [0.4, 0.5) is 11.4 Å². The number of hydrogen-bond acceptors (Lipinski definition) is 5. The first-order valence-corrected chi connectivity index (χ1v) is 7.45. The van der Waals surface area contributed by atoms with E-state index in [2.05, 4.69) is 29.1 Å². The molecule has 6 nitrogen and oxygen atoms in total. The molecule has 116 valence electrons. The topological polar surface area (TPSA) is 61.6 Å². The molecule has 1 atom stereocenters. The summed E-state index contributed by atoms with van der Waals surface area (Å²) < 4.78 is 0. The van der Waals surface area contributed by atoms with Crippen molar-refractivity contribution in [2.24, 2.45) is 0 Å². The highest BCUT2D eigenvalue weighted by Crippen LogP contribution is 2.26. The summed E-state index contributed by atoms with van der Waals surface area (Å²) >= 11 is 0. The predicted molar refractivity (Wildman–Crippen MR) is 84.6 cm³/mol. The van der Waals surface area contributed by atoms with Crippen LogP contribution in [0.2, 0.25) is 0 Å². The third-order valence-electron chi connectivity index (χ3n) is 3.98. The van der Waals surface area contributed by atoms with Gasteiger partial charge in [-0.2, -0.15) is 0 Å². The molecule has 6 heteroatoms. The molecule has 1 fully saturated rings. The van der Waals surface area contributed by atoms with Crippen molar-refractivity contribution in [3.63, 3.8) is 0 Å². The van der Waals surface area contributed by atoms with Crippen molar-refractivity contribution in [2.75, 3.05) is 38.5 Å². The van der Waals surface area contributed by atoms with E-state index < -0.39 is 0 Å². The fourth-order valence-electron chi connectivity index (χ4n) is 2.82. The minimum Gasteiger partial charge on any atom is -0.380 e. The van der Waals surface area contributed by atoms with Crippen molar-refractivity contribution < 1.29 is 4.92 Å². The van der Waals surface area contributed by atoms with E-state index in [0.29, 0.717) is 18.3 Å². The Kier molecular flexibility index (Phi) is 5.14. The van der Waals surface area contributed by atoms with Gasteiger partial charge in [0.25, 0.3) is 5.69 Å². The van der Waals surface area contributed by atoms with E-state index >= 15 is 0 Å². The quantitative estimate of drug-likeness (QED) is 0.665. The Morgan fingerprint density at radius 1 is 1.43 bits per heavy atom. The first-order valence-electron chi connectivity index (χ1n) is 7.45. The number of benzene rings is 1. The number of piperazine rings is 1. The second kappa shape index (κ2) is 6.87. The molecule has 0 aliphatic carbocycles. The molecule has 0 aromatic heterocycles. The van der Waals surface area contributed by atoms with E-state index in [4.69, 9.17) is 0 Å². The third kappa shape index (κ3) is 3.92. The van der Waals surface area contributed by atoms with Gasteiger partial charge in [0, 0.05) is 44.8 Å². The summed E-state index contributed by atoms with van der Waals surface area (Å²) in [4.78, 5) is 15.5. The average molecular weight is 292 g/mol. The fraction of sp³-hybridized carbons (Fsp3) is 0.600. The molecule has 1 aliphatic rings. The predicted octanol–water partition coefficient (Wildman–Crippen LogP) is 2.16. The second-order valence-corrected chi connectivity index (χ2v) is 5.72. The molecule has 21 heavy (non-hydrogen) atoms. The molecule has 1 unspecified atom stereocenters. The summed E-state index contributed by atoms with van der Waals surface area (Å²) in [5.74, 6) is 0. The highest BCUT2D eigenvalue weighted by atomic mass is 16.6. The summed E-state index contributed by atoms with van der Waals surface area (Å²) in [6.45, 7) is 8.85. The van der Waals surface area contributed by atoms with Gasteiger partial charge in [0.2, 0.25) is 0 Å². The lowest BCUT2D eigenvalue weighted by Crippen LogP contribution is -2.49. The number of anilines is 1. The minimum absolute atomic E-state index is 0.145. The van der Waals surface area contributed by atoms with Crippen molar-refractivity contribution in [1.82, 2.24) is 9.80 Å². The first-order chi connectivity index (χ1) is 10.0. The van der Waals surface area contributed by atoms with Crippen molar-refractivity contribution in [1.29, 1.82) is 0 Å². The van der Waals surface area contributed by atoms with Crippen LogP contribution in [-0.4, -0.2) is 54.0 Å². The Morgan fingerprint density at radius 3 is 2.81 bits per heavy atom. The Morgan fingerprint density at radius 2 is 2.19 bits per heavy atom. The van der Waals surface area contributed by atoms with Gasteiger partial charge in [-0.1, -0.05) is 6.07 Å². The van der Waals surface area contributed by atoms with Crippen molar-refractivity contribution in [2.45, 2.75) is 26.4 Å². The SMILES string of the molecule is CCNc1cc(CN2CCN(C)CC2C)ccc1[N+](=O)[O-]. The lowest BCUT2D eigenvalue weighted by Gasteiger charge is -2.38. The lowest BCUT2D eigenvalue weighted by molar-refractivity contribution is -0.384. The molecule has 1 aromatic carbocycles. The summed E-state index contributed by atoms with van der Waals surface area (Å²) in [6, 6.07) is 5.88. The monoisotopic (exact) mass is 292 g/mol. The molecule has 1 aliphatic heterocycles. The number of nitro benzene ring substituents is 1. The molecule has 1 saturated heterocycles. The van der Waals surface area contributed by atoms with Gasteiger partial charge < -0.3 is 10.2 Å². The zero-order valence-electron chi connectivity index (χ0n) is 13.0. The molecule has 0 bridgehead atoms. The van der Waals surface area contributed by atoms with Gasteiger partial charge in [0.1, 0.15) is 5.69 Å². The Labute approximate surface area is 125 Å². The van der Waals surface area contributed by atoms with Gasteiger partial charge in [-0.3, -0.25) is 15.0 Å². The van der Waals surface area contributed by atoms with Crippen molar-refractivity contribution >= 4 is 11.4 Å². The van der Waals surface area contributed by atoms with Crippen molar-refractivity contribution in [3.05, 3.63) is 33.9 Å². The van der Waals surface area contributed by atoms with Crippen molar-refractivity contribution in [3.8, 4) is 0 Å². The molecule has 2 rings (SSSR count). The number of rotatable bonds is 5. The van der Waals surface area contributed by atoms with Crippen LogP contribution in [0.1, 0.15) is 19.4 Å². The van der Waals surface area contributed by atoms with E-state index in [1.807, 2.05) is 19.1 Å². The van der Waals surface area contributed by atoms with E-state index in [9.17, 15) is 10.1 Å². The molecular weight excluding hydrogens is 268 g/mol. The summed E-state index contributed by atoms with van der Waals surface area (Å²) in [5, 5.41) is 14.1. The number of nitro groups is 1. The second-order valence-electron chi connectivity index (χ2n) is 5.72. The van der Waals surface area contributed by atoms with Crippen LogP contribution in [0.5, 0.6) is 0 Å². The average Bonchev–Trinajstić information content (AvgIpc) is 2.42. The van der Waals surface area contributed by atoms with E-state index in [0.717, 1.165) is 31.7 Å². The zero-order chi connectivity index (χ0) is 15.4. The maximum atomic E-state index is 11.0. The van der Waals surface area contributed by atoms with Crippen LogP contribution >= 0.6 is 0 Å².